The molecule has 1 N–H and O–H groups in total. The minimum absolute atomic E-state index is 0.0453. The number of nitrogens with zero attached hydrogens (tertiary/aromatic N) is 2. The van der Waals surface area contributed by atoms with Crippen molar-refractivity contribution in [3.05, 3.63) is 52.6 Å². The summed E-state index contributed by atoms with van der Waals surface area (Å²) in [5, 5.41) is 10.2. The van der Waals surface area contributed by atoms with Crippen molar-refractivity contribution in [3.63, 3.8) is 0 Å². The molecule has 0 fully saturated rings. The molecule has 5 heteroatoms. The molecular weight excluding hydrogens is 206 g/mol. The number of aromatic nitrogens is 2. The van der Waals surface area contributed by atoms with Crippen molar-refractivity contribution in [2.75, 3.05) is 6.54 Å². The molecule has 0 aliphatic heterocycles. The van der Waals surface area contributed by atoms with Crippen molar-refractivity contribution in [1.82, 2.24) is 9.97 Å². The Balaban J connectivity index is 2.11. The van der Waals surface area contributed by atoms with E-state index in [1.165, 1.54) is 0 Å². The summed E-state index contributed by atoms with van der Waals surface area (Å²) in [6.45, 7) is -0.0453. The van der Waals surface area contributed by atoms with Crippen molar-refractivity contribution in [3.8, 4) is 11.1 Å². The lowest BCUT2D eigenvalue weighted by atomic mass is 10.1. The smallest absolute Gasteiger partial charge is 0.209 e. The van der Waals surface area contributed by atoms with E-state index in [0.717, 1.165) is 16.8 Å². The Kier molecular flexibility index (Phi) is 2.95. The number of hydrogen-bond acceptors (Lipinski definition) is 3. The van der Waals surface area contributed by atoms with Crippen molar-refractivity contribution in [2.45, 2.75) is 6.42 Å². The highest BCUT2D eigenvalue weighted by molar-refractivity contribution is 5.62. The maximum atomic E-state index is 10.2. The van der Waals surface area contributed by atoms with Gasteiger partial charge in [0.1, 0.15) is 0 Å². The molecule has 0 saturated heterocycles. The van der Waals surface area contributed by atoms with E-state index < -0.39 is 0 Å². The van der Waals surface area contributed by atoms with Gasteiger partial charge in [-0.25, -0.2) is 0 Å². The average molecular weight is 217 g/mol. The summed E-state index contributed by atoms with van der Waals surface area (Å²) in [6.07, 6.45) is 5.72. The summed E-state index contributed by atoms with van der Waals surface area (Å²) >= 11 is 0. The van der Waals surface area contributed by atoms with Crippen LogP contribution in [0, 0.1) is 10.1 Å². The van der Waals surface area contributed by atoms with Gasteiger partial charge in [0, 0.05) is 29.2 Å². The summed E-state index contributed by atoms with van der Waals surface area (Å²) in [4.78, 5) is 16.9. The summed E-state index contributed by atoms with van der Waals surface area (Å²) in [7, 11) is 0. The largest absolute Gasteiger partial charge is 0.364 e. The van der Waals surface area contributed by atoms with Crippen LogP contribution in [0.2, 0.25) is 0 Å². The SMILES string of the molecule is O=[N+]([O-])CCc1cc(-c2ccncc2)c[nH]1. The Hall–Kier alpha value is -2.17. The fraction of sp³-hybridized carbons (Fsp3) is 0.182. The number of nitro groups is 1. The molecule has 0 bridgehead atoms. The van der Waals surface area contributed by atoms with Crippen LogP contribution in [0.5, 0.6) is 0 Å². The van der Waals surface area contributed by atoms with Gasteiger partial charge in [0.25, 0.3) is 0 Å². The molecule has 0 aromatic carbocycles. The number of pyridine rings is 1. The van der Waals surface area contributed by atoms with E-state index in [9.17, 15) is 10.1 Å². The van der Waals surface area contributed by atoms with Crippen molar-refractivity contribution < 1.29 is 4.92 Å². The first-order valence-corrected chi connectivity index (χ1v) is 4.95. The first kappa shape index (κ1) is 10.4. The molecule has 82 valence electrons. The van der Waals surface area contributed by atoms with Gasteiger partial charge in [-0.2, -0.15) is 0 Å². The third kappa shape index (κ3) is 2.44. The van der Waals surface area contributed by atoms with Crippen LogP contribution in [0.4, 0.5) is 0 Å². The van der Waals surface area contributed by atoms with Crippen LogP contribution in [0.3, 0.4) is 0 Å². The van der Waals surface area contributed by atoms with E-state index >= 15 is 0 Å². The Bertz CT molecular complexity index is 479. The van der Waals surface area contributed by atoms with Gasteiger partial charge in [-0.3, -0.25) is 15.1 Å². The highest BCUT2D eigenvalue weighted by Gasteiger charge is 2.04. The molecule has 16 heavy (non-hydrogen) atoms. The quantitative estimate of drug-likeness (QED) is 0.628. The molecule has 0 radical (unpaired) electrons. The van der Waals surface area contributed by atoms with E-state index in [4.69, 9.17) is 0 Å². The molecule has 2 rings (SSSR count). The van der Waals surface area contributed by atoms with Crippen LogP contribution in [0.1, 0.15) is 5.69 Å². The minimum Gasteiger partial charge on any atom is -0.364 e. The van der Waals surface area contributed by atoms with Crippen molar-refractivity contribution in [2.24, 2.45) is 0 Å². The lowest BCUT2D eigenvalue weighted by Gasteiger charge is -1.94. The fourth-order valence-corrected chi connectivity index (χ4v) is 1.51. The third-order valence-electron chi connectivity index (χ3n) is 2.32. The monoisotopic (exact) mass is 217 g/mol. The molecule has 0 unspecified atom stereocenters. The van der Waals surface area contributed by atoms with E-state index in [1.807, 2.05) is 24.4 Å². The zero-order valence-corrected chi connectivity index (χ0v) is 8.59. The Morgan fingerprint density at radius 3 is 2.75 bits per heavy atom. The number of rotatable bonds is 4. The lowest BCUT2D eigenvalue weighted by molar-refractivity contribution is -0.479. The van der Waals surface area contributed by atoms with Gasteiger partial charge in [-0.1, -0.05) is 0 Å². The van der Waals surface area contributed by atoms with Crippen molar-refractivity contribution >= 4 is 0 Å². The molecule has 0 aliphatic carbocycles. The standard InChI is InChI=1S/C11H11N3O2/c15-14(16)6-3-11-7-10(8-13-11)9-1-4-12-5-2-9/h1-2,4-5,7-8,13H,3,6H2. The van der Waals surface area contributed by atoms with E-state index in [1.54, 1.807) is 12.4 Å². The fourth-order valence-electron chi connectivity index (χ4n) is 1.51. The van der Waals surface area contributed by atoms with Gasteiger partial charge in [0.15, 0.2) is 0 Å². The second-order valence-corrected chi connectivity index (χ2v) is 3.46. The van der Waals surface area contributed by atoms with Gasteiger partial charge in [0.2, 0.25) is 6.54 Å². The molecule has 0 atom stereocenters. The van der Waals surface area contributed by atoms with Crippen LogP contribution >= 0.6 is 0 Å². The second kappa shape index (κ2) is 4.57. The van der Waals surface area contributed by atoms with Gasteiger partial charge < -0.3 is 4.98 Å². The summed E-state index contributed by atoms with van der Waals surface area (Å²) in [5.41, 5.74) is 2.96. The average Bonchev–Trinajstić information content (AvgIpc) is 2.76. The zero-order chi connectivity index (χ0) is 11.4. The molecule has 5 nitrogen and oxygen atoms in total. The van der Waals surface area contributed by atoms with Gasteiger partial charge in [-0.15, -0.1) is 0 Å². The molecular formula is C11H11N3O2. The van der Waals surface area contributed by atoms with Crippen LogP contribution in [0.15, 0.2) is 36.8 Å². The molecule has 0 amide bonds. The molecule has 2 heterocycles. The predicted octanol–water partition coefficient (Wildman–Crippen LogP) is 1.90. The Morgan fingerprint density at radius 1 is 1.31 bits per heavy atom. The number of nitrogens with one attached hydrogen (secondary N) is 1. The van der Waals surface area contributed by atoms with Crippen LogP contribution in [-0.4, -0.2) is 21.4 Å². The van der Waals surface area contributed by atoms with Crippen molar-refractivity contribution in [1.29, 1.82) is 0 Å². The van der Waals surface area contributed by atoms with Gasteiger partial charge in [-0.05, 0) is 29.3 Å². The molecule has 0 spiro atoms. The normalized spacial score (nSPS) is 10.2. The number of aromatic amines is 1. The summed E-state index contributed by atoms with van der Waals surface area (Å²) in [5.74, 6) is 0. The van der Waals surface area contributed by atoms with E-state index in [0.29, 0.717) is 6.42 Å². The first-order valence-electron chi connectivity index (χ1n) is 4.95. The summed E-state index contributed by atoms with van der Waals surface area (Å²) < 4.78 is 0. The third-order valence-corrected chi connectivity index (χ3v) is 2.32. The maximum absolute atomic E-state index is 10.2. The lowest BCUT2D eigenvalue weighted by Crippen LogP contribution is -2.03. The van der Waals surface area contributed by atoms with Gasteiger partial charge >= 0.3 is 0 Å². The van der Waals surface area contributed by atoms with Crippen LogP contribution < -0.4 is 0 Å². The summed E-state index contributed by atoms with van der Waals surface area (Å²) in [6, 6.07) is 5.74. The highest BCUT2D eigenvalue weighted by Crippen LogP contribution is 2.19. The van der Waals surface area contributed by atoms with E-state index in [2.05, 4.69) is 9.97 Å². The molecule has 0 saturated carbocycles. The topological polar surface area (TPSA) is 71.8 Å². The highest BCUT2D eigenvalue weighted by atomic mass is 16.6. The molecule has 0 aliphatic rings. The second-order valence-electron chi connectivity index (χ2n) is 3.46. The minimum atomic E-state index is -0.313. The number of hydrogen-bond donors (Lipinski definition) is 1. The molecule has 2 aromatic rings. The Labute approximate surface area is 92.3 Å². The van der Waals surface area contributed by atoms with Crippen LogP contribution in [-0.2, 0) is 6.42 Å². The van der Waals surface area contributed by atoms with Crippen LogP contribution in [0.25, 0.3) is 11.1 Å². The predicted molar refractivity (Wildman–Crippen MR) is 59.6 cm³/mol. The maximum Gasteiger partial charge on any atom is 0.209 e. The number of H-pyrrole nitrogens is 1. The van der Waals surface area contributed by atoms with Gasteiger partial charge in [0.05, 0.1) is 6.42 Å². The first-order chi connectivity index (χ1) is 7.75. The zero-order valence-electron chi connectivity index (χ0n) is 8.59. The van der Waals surface area contributed by atoms with E-state index in [-0.39, 0.29) is 11.5 Å². The molecule has 2 aromatic heterocycles. The Morgan fingerprint density at radius 2 is 2.06 bits per heavy atom.